The van der Waals surface area contributed by atoms with Crippen molar-refractivity contribution in [2.45, 2.75) is 45.7 Å². The van der Waals surface area contributed by atoms with Crippen molar-refractivity contribution >= 4 is 41.3 Å². The molecule has 2 unspecified atom stereocenters. The highest BCUT2D eigenvalue weighted by atomic mass is 127. The molecule has 31 heavy (non-hydrogen) atoms. The topological polar surface area (TPSA) is 46.1 Å². The highest BCUT2D eigenvalue weighted by Gasteiger charge is 2.26. The second kappa shape index (κ2) is 14.0. The standard InChI is InChI=1S/C23H42N6S.HI/c1-5-27-12-14-28(15-13-27)20(3)17-25-23(24-4)26-18-21(22-7-6-16-30-22)29-10-8-19(2)9-11-29;/h6-7,16,19-21H,5,8-15,17-18H2,1-4H3,(H2,24,25,26);1H. The third kappa shape index (κ3) is 8.14. The monoisotopic (exact) mass is 562 g/mol. The van der Waals surface area contributed by atoms with Crippen LogP contribution in [0.4, 0.5) is 0 Å². The number of hydrogen-bond acceptors (Lipinski definition) is 5. The largest absolute Gasteiger partial charge is 0.355 e. The zero-order valence-corrected chi connectivity index (χ0v) is 23.0. The number of nitrogens with one attached hydrogen (secondary N) is 2. The fourth-order valence-corrected chi connectivity index (χ4v) is 5.40. The number of piperidine rings is 1. The number of rotatable bonds is 8. The van der Waals surface area contributed by atoms with E-state index >= 15 is 0 Å². The summed E-state index contributed by atoms with van der Waals surface area (Å²) in [6, 6.07) is 5.39. The highest BCUT2D eigenvalue weighted by Crippen LogP contribution is 2.29. The maximum atomic E-state index is 4.49. The lowest BCUT2D eigenvalue weighted by atomic mass is 9.97. The Morgan fingerprint density at radius 1 is 1.10 bits per heavy atom. The van der Waals surface area contributed by atoms with Gasteiger partial charge in [-0.25, -0.2) is 0 Å². The molecule has 0 radical (unpaired) electrons. The van der Waals surface area contributed by atoms with Gasteiger partial charge in [-0.15, -0.1) is 35.3 Å². The average Bonchev–Trinajstić information content (AvgIpc) is 3.31. The van der Waals surface area contributed by atoms with Crippen LogP contribution in [0.2, 0.25) is 0 Å². The van der Waals surface area contributed by atoms with Gasteiger partial charge >= 0.3 is 0 Å². The van der Waals surface area contributed by atoms with Crippen molar-refractivity contribution in [2.75, 3.05) is 66.0 Å². The van der Waals surface area contributed by atoms with Gasteiger partial charge in [0.05, 0.1) is 6.04 Å². The van der Waals surface area contributed by atoms with E-state index in [9.17, 15) is 0 Å². The van der Waals surface area contributed by atoms with Crippen molar-refractivity contribution in [2.24, 2.45) is 10.9 Å². The molecule has 8 heteroatoms. The van der Waals surface area contributed by atoms with Crippen LogP contribution in [0.5, 0.6) is 0 Å². The van der Waals surface area contributed by atoms with Crippen LogP contribution in [0.3, 0.4) is 0 Å². The van der Waals surface area contributed by atoms with Crippen molar-refractivity contribution < 1.29 is 0 Å². The summed E-state index contributed by atoms with van der Waals surface area (Å²) < 4.78 is 0. The second-order valence-corrected chi connectivity index (χ2v) is 9.88. The number of likely N-dealkylation sites (N-methyl/N-ethyl adjacent to an activating group) is 1. The van der Waals surface area contributed by atoms with E-state index < -0.39 is 0 Å². The van der Waals surface area contributed by atoms with Crippen LogP contribution < -0.4 is 10.6 Å². The van der Waals surface area contributed by atoms with Gasteiger partial charge in [0.2, 0.25) is 0 Å². The summed E-state index contributed by atoms with van der Waals surface area (Å²) in [4.78, 5) is 13.7. The van der Waals surface area contributed by atoms with E-state index in [1.165, 1.54) is 50.4 Å². The van der Waals surface area contributed by atoms with Crippen molar-refractivity contribution in [3.05, 3.63) is 22.4 Å². The first-order valence-electron chi connectivity index (χ1n) is 11.8. The molecule has 2 atom stereocenters. The summed E-state index contributed by atoms with van der Waals surface area (Å²) in [7, 11) is 1.88. The number of piperazine rings is 1. The Balaban J connectivity index is 0.00000341. The Labute approximate surface area is 210 Å². The quantitative estimate of drug-likeness (QED) is 0.289. The first-order chi connectivity index (χ1) is 14.6. The molecule has 0 aromatic carbocycles. The predicted octanol–water partition coefficient (Wildman–Crippen LogP) is 3.33. The van der Waals surface area contributed by atoms with Crippen molar-refractivity contribution in [1.82, 2.24) is 25.3 Å². The lowest BCUT2D eigenvalue weighted by Crippen LogP contribution is -2.53. The summed E-state index contributed by atoms with van der Waals surface area (Å²) in [5.74, 6) is 1.77. The van der Waals surface area contributed by atoms with Gasteiger partial charge in [0.1, 0.15) is 0 Å². The molecular weight excluding hydrogens is 519 g/mol. The molecule has 3 rings (SSSR count). The van der Waals surface area contributed by atoms with E-state index in [4.69, 9.17) is 0 Å². The van der Waals surface area contributed by atoms with Crippen LogP contribution in [-0.4, -0.2) is 92.7 Å². The molecule has 0 spiro atoms. The smallest absolute Gasteiger partial charge is 0.191 e. The molecule has 1 aromatic heterocycles. The molecule has 2 fully saturated rings. The normalized spacial score (nSPS) is 22.0. The van der Waals surface area contributed by atoms with Crippen molar-refractivity contribution in [3.8, 4) is 0 Å². The predicted molar refractivity (Wildman–Crippen MR) is 145 cm³/mol. The minimum atomic E-state index is 0. The highest BCUT2D eigenvalue weighted by molar-refractivity contribution is 14.0. The van der Waals surface area contributed by atoms with E-state index in [1.54, 1.807) is 0 Å². The number of likely N-dealkylation sites (tertiary alicyclic amines) is 1. The fraction of sp³-hybridized carbons (Fsp3) is 0.783. The number of nitrogens with zero attached hydrogens (tertiary/aromatic N) is 4. The number of guanidine groups is 1. The molecule has 0 aliphatic carbocycles. The Kier molecular flexibility index (Phi) is 12.1. The van der Waals surface area contributed by atoms with Crippen LogP contribution in [-0.2, 0) is 0 Å². The lowest BCUT2D eigenvalue weighted by Gasteiger charge is -2.38. The molecule has 2 aliphatic rings. The summed E-state index contributed by atoms with van der Waals surface area (Å²) in [6.07, 6.45) is 2.61. The number of aliphatic imine (C=N–C) groups is 1. The molecule has 3 heterocycles. The van der Waals surface area contributed by atoms with Gasteiger partial charge in [-0.1, -0.05) is 19.9 Å². The van der Waals surface area contributed by atoms with E-state index in [0.29, 0.717) is 12.1 Å². The Morgan fingerprint density at radius 2 is 1.77 bits per heavy atom. The molecule has 0 bridgehead atoms. The van der Waals surface area contributed by atoms with Gasteiger partial charge in [0, 0.05) is 57.2 Å². The van der Waals surface area contributed by atoms with Crippen LogP contribution in [0.15, 0.2) is 22.5 Å². The maximum absolute atomic E-state index is 4.49. The Bertz CT molecular complexity index is 624. The zero-order valence-electron chi connectivity index (χ0n) is 19.8. The third-order valence-corrected chi connectivity index (χ3v) is 7.83. The third-order valence-electron chi connectivity index (χ3n) is 6.86. The Hall–Kier alpha value is -0.420. The molecule has 2 aliphatic heterocycles. The first kappa shape index (κ1) is 26.8. The summed E-state index contributed by atoms with van der Waals surface area (Å²) >= 11 is 1.87. The minimum Gasteiger partial charge on any atom is -0.355 e. The second-order valence-electron chi connectivity index (χ2n) is 8.90. The molecule has 0 saturated carbocycles. The molecule has 0 amide bonds. The Morgan fingerprint density at radius 3 is 2.35 bits per heavy atom. The average molecular weight is 563 g/mol. The van der Waals surface area contributed by atoms with Crippen molar-refractivity contribution in [1.29, 1.82) is 0 Å². The lowest BCUT2D eigenvalue weighted by molar-refractivity contribution is 0.107. The van der Waals surface area contributed by atoms with Gasteiger partial charge in [-0.3, -0.25) is 14.8 Å². The molecule has 2 N–H and O–H groups in total. The fourth-order valence-electron chi connectivity index (χ4n) is 4.54. The summed E-state index contributed by atoms with van der Waals surface area (Å²) in [5.41, 5.74) is 0. The van der Waals surface area contributed by atoms with Crippen molar-refractivity contribution in [3.63, 3.8) is 0 Å². The number of hydrogen-bond donors (Lipinski definition) is 2. The van der Waals surface area contributed by atoms with Gasteiger partial charge in [0.15, 0.2) is 5.96 Å². The zero-order chi connectivity index (χ0) is 21.3. The van der Waals surface area contributed by atoms with Gasteiger partial charge < -0.3 is 15.5 Å². The molecular formula is C23H43IN6S. The van der Waals surface area contributed by atoms with Crippen LogP contribution in [0.25, 0.3) is 0 Å². The number of thiophene rings is 1. The molecule has 1 aromatic rings. The van der Waals surface area contributed by atoms with Crippen LogP contribution >= 0.6 is 35.3 Å². The van der Waals surface area contributed by atoms with E-state index in [0.717, 1.165) is 38.1 Å². The van der Waals surface area contributed by atoms with Crippen LogP contribution in [0.1, 0.15) is 44.5 Å². The number of halogens is 1. The summed E-state index contributed by atoms with van der Waals surface area (Å²) in [6.45, 7) is 17.0. The van der Waals surface area contributed by atoms with E-state index in [1.807, 2.05) is 18.4 Å². The first-order valence-corrected chi connectivity index (χ1v) is 12.7. The van der Waals surface area contributed by atoms with Gasteiger partial charge in [0.25, 0.3) is 0 Å². The molecule has 6 nitrogen and oxygen atoms in total. The summed E-state index contributed by atoms with van der Waals surface area (Å²) in [5, 5.41) is 9.39. The molecule has 178 valence electrons. The van der Waals surface area contributed by atoms with E-state index in [2.05, 4.69) is 68.6 Å². The van der Waals surface area contributed by atoms with E-state index in [-0.39, 0.29) is 24.0 Å². The van der Waals surface area contributed by atoms with Gasteiger partial charge in [-0.05, 0) is 56.8 Å². The maximum Gasteiger partial charge on any atom is 0.191 e. The van der Waals surface area contributed by atoms with Gasteiger partial charge in [-0.2, -0.15) is 0 Å². The molecule has 2 saturated heterocycles. The van der Waals surface area contributed by atoms with Crippen LogP contribution in [0, 0.1) is 5.92 Å². The SMILES string of the molecule is CCN1CCN(C(C)CNC(=NC)NCC(c2cccs2)N2CCC(C)CC2)CC1.I. The minimum absolute atomic E-state index is 0.